The fraction of sp³-hybridized carbons (Fsp3) is 0.296. The molecule has 2 N–H and O–H groups in total. The number of amides is 1. The number of aromatic nitrogens is 2. The lowest BCUT2D eigenvalue weighted by Gasteiger charge is -2.30. The second-order valence-corrected chi connectivity index (χ2v) is 10.1. The Kier molecular flexibility index (Phi) is 5.31. The molecule has 2 fully saturated rings. The number of rotatable bonds is 5. The van der Waals surface area contributed by atoms with Crippen molar-refractivity contribution in [2.45, 2.75) is 25.3 Å². The van der Waals surface area contributed by atoms with E-state index in [0.717, 1.165) is 82.9 Å². The number of piperazine rings is 1. The lowest BCUT2D eigenvalue weighted by atomic mass is 9.97. The third kappa shape index (κ3) is 3.85. The Morgan fingerprint density at radius 3 is 2.71 bits per heavy atom. The van der Waals surface area contributed by atoms with Gasteiger partial charge < -0.3 is 15.5 Å². The minimum atomic E-state index is -0.365. The smallest absolute Gasteiger partial charge is 0.252 e. The average molecular weight is 470 g/mol. The summed E-state index contributed by atoms with van der Waals surface area (Å²) < 4.78 is 0. The van der Waals surface area contributed by atoms with Crippen molar-refractivity contribution in [2.24, 2.45) is 0 Å². The van der Waals surface area contributed by atoms with Gasteiger partial charge in [-0.1, -0.05) is 24.3 Å². The first-order chi connectivity index (χ1) is 16.6. The van der Waals surface area contributed by atoms with E-state index in [4.69, 9.17) is 4.98 Å². The summed E-state index contributed by atoms with van der Waals surface area (Å²) in [6, 6.07) is 16.6. The zero-order valence-electron chi connectivity index (χ0n) is 19.2. The Bertz CT molecular complexity index is 1360. The highest BCUT2D eigenvalue weighted by Gasteiger charge is 2.47. The summed E-state index contributed by atoms with van der Waals surface area (Å²) in [5.41, 5.74) is 7.33. The van der Waals surface area contributed by atoms with Crippen molar-refractivity contribution >= 4 is 33.8 Å². The van der Waals surface area contributed by atoms with Gasteiger partial charge in [-0.05, 0) is 55.2 Å². The number of carbonyl (C=O) groups excluding carboxylic acids is 1. The zero-order chi connectivity index (χ0) is 23.1. The molecule has 2 aliphatic rings. The summed E-state index contributed by atoms with van der Waals surface area (Å²) in [6.45, 7) is 5.86. The van der Waals surface area contributed by atoms with Gasteiger partial charge in [-0.2, -0.15) is 0 Å². The standard InChI is InChI=1S/C27H27N5OS/c1-18-6-7-19(32-12-10-28-11-13-32)14-21(18)26(33)31-27(8-9-27)22-15-24(25-16-29-17-34-25)30-23-5-3-2-4-20(22)23/h2-7,14-17,28H,8-13H2,1H3,(H,31,33). The Morgan fingerprint density at radius 2 is 1.94 bits per heavy atom. The molecule has 6 nitrogen and oxygen atoms in total. The van der Waals surface area contributed by atoms with E-state index in [9.17, 15) is 4.79 Å². The minimum Gasteiger partial charge on any atom is -0.369 e. The van der Waals surface area contributed by atoms with Crippen molar-refractivity contribution in [3.05, 3.63) is 76.9 Å². The Balaban J connectivity index is 1.35. The summed E-state index contributed by atoms with van der Waals surface area (Å²) in [4.78, 5) is 26.1. The lowest BCUT2D eigenvalue weighted by molar-refractivity contribution is 0.0930. The average Bonchev–Trinajstić information content (AvgIpc) is 3.43. The molecular weight excluding hydrogens is 442 g/mol. The number of aryl methyl sites for hydroxylation is 1. The largest absolute Gasteiger partial charge is 0.369 e. The van der Waals surface area contributed by atoms with Crippen molar-refractivity contribution < 1.29 is 4.79 Å². The molecule has 0 bridgehead atoms. The van der Waals surface area contributed by atoms with E-state index in [1.807, 2.05) is 36.8 Å². The van der Waals surface area contributed by atoms with Crippen LogP contribution in [0.3, 0.4) is 0 Å². The first kappa shape index (κ1) is 21.3. The maximum atomic E-state index is 13.6. The van der Waals surface area contributed by atoms with Gasteiger partial charge in [0.15, 0.2) is 0 Å². The van der Waals surface area contributed by atoms with E-state index < -0.39 is 0 Å². The van der Waals surface area contributed by atoms with Gasteiger partial charge in [0.1, 0.15) is 0 Å². The van der Waals surface area contributed by atoms with Gasteiger partial charge in [0.05, 0.1) is 27.1 Å². The molecule has 1 aliphatic heterocycles. The third-order valence-corrected chi connectivity index (χ3v) is 7.76. The molecule has 7 heteroatoms. The van der Waals surface area contributed by atoms with Crippen LogP contribution in [-0.4, -0.2) is 42.1 Å². The number of pyridine rings is 1. The topological polar surface area (TPSA) is 70.2 Å². The number of anilines is 1. The van der Waals surface area contributed by atoms with E-state index in [-0.39, 0.29) is 11.4 Å². The van der Waals surface area contributed by atoms with Gasteiger partial charge >= 0.3 is 0 Å². The lowest BCUT2D eigenvalue weighted by Crippen LogP contribution is -2.43. The van der Waals surface area contributed by atoms with Crippen molar-refractivity contribution in [1.29, 1.82) is 0 Å². The van der Waals surface area contributed by atoms with Crippen LogP contribution < -0.4 is 15.5 Å². The fourth-order valence-electron chi connectivity index (χ4n) is 4.89. The van der Waals surface area contributed by atoms with Crippen LogP contribution in [0, 0.1) is 6.92 Å². The van der Waals surface area contributed by atoms with Crippen LogP contribution in [0.1, 0.15) is 34.3 Å². The summed E-state index contributed by atoms with van der Waals surface area (Å²) in [7, 11) is 0. The highest BCUT2D eigenvalue weighted by Crippen LogP contribution is 2.49. The van der Waals surface area contributed by atoms with Gasteiger partial charge in [-0.3, -0.25) is 9.78 Å². The first-order valence-corrected chi connectivity index (χ1v) is 12.7. The summed E-state index contributed by atoms with van der Waals surface area (Å²) in [6.07, 6.45) is 3.70. The number of nitrogens with zero attached hydrogens (tertiary/aromatic N) is 3. The van der Waals surface area contributed by atoms with Crippen LogP contribution in [0.4, 0.5) is 5.69 Å². The molecule has 0 spiro atoms. The highest BCUT2D eigenvalue weighted by molar-refractivity contribution is 7.13. The molecule has 0 atom stereocenters. The van der Waals surface area contributed by atoms with Gasteiger partial charge in [-0.25, -0.2) is 4.98 Å². The van der Waals surface area contributed by atoms with Crippen molar-refractivity contribution in [3.63, 3.8) is 0 Å². The molecule has 1 saturated heterocycles. The molecule has 0 radical (unpaired) electrons. The van der Waals surface area contributed by atoms with E-state index in [2.05, 4.69) is 50.8 Å². The van der Waals surface area contributed by atoms with Crippen LogP contribution >= 0.6 is 11.3 Å². The predicted octanol–water partition coefficient (Wildman–Crippen LogP) is 4.50. The molecule has 172 valence electrons. The zero-order valence-corrected chi connectivity index (χ0v) is 20.0. The number of carbonyl (C=O) groups is 1. The number of fused-ring (bicyclic) bond motifs is 1. The third-order valence-electron chi connectivity index (χ3n) is 6.97. The summed E-state index contributed by atoms with van der Waals surface area (Å²) in [5.74, 6) is -0.00721. The minimum absolute atomic E-state index is 0.00721. The molecule has 2 aromatic heterocycles. The molecule has 4 aromatic rings. The van der Waals surface area contributed by atoms with Crippen LogP contribution in [0.2, 0.25) is 0 Å². The Morgan fingerprint density at radius 1 is 1.12 bits per heavy atom. The number of benzene rings is 2. The molecule has 34 heavy (non-hydrogen) atoms. The van der Waals surface area contributed by atoms with Gasteiger partial charge in [-0.15, -0.1) is 11.3 Å². The maximum Gasteiger partial charge on any atom is 0.252 e. The normalized spacial score (nSPS) is 17.0. The first-order valence-electron chi connectivity index (χ1n) is 11.8. The van der Waals surface area contributed by atoms with Crippen LogP contribution in [0.25, 0.3) is 21.5 Å². The monoisotopic (exact) mass is 469 g/mol. The Labute approximate surface area is 203 Å². The quantitative estimate of drug-likeness (QED) is 0.451. The van der Waals surface area contributed by atoms with E-state index in [1.165, 1.54) is 0 Å². The molecule has 1 amide bonds. The number of hydrogen-bond acceptors (Lipinski definition) is 6. The van der Waals surface area contributed by atoms with Gasteiger partial charge in [0.25, 0.3) is 5.91 Å². The molecule has 1 saturated carbocycles. The summed E-state index contributed by atoms with van der Waals surface area (Å²) >= 11 is 1.58. The van der Waals surface area contributed by atoms with E-state index in [0.29, 0.717) is 0 Å². The van der Waals surface area contributed by atoms with Crippen molar-refractivity contribution in [1.82, 2.24) is 20.6 Å². The van der Waals surface area contributed by atoms with Gasteiger partial charge in [0.2, 0.25) is 0 Å². The molecule has 2 aromatic carbocycles. The van der Waals surface area contributed by atoms with Crippen LogP contribution in [0.5, 0.6) is 0 Å². The van der Waals surface area contributed by atoms with E-state index in [1.54, 1.807) is 11.3 Å². The highest BCUT2D eigenvalue weighted by atomic mass is 32.1. The van der Waals surface area contributed by atoms with Crippen molar-refractivity contribution in [2.75, 3.05) is 31.1 Å². The Hall–Kier alpha value is -3.29. The van der Waals surface area contributed by atoms with Gasteiger partial charge in [0, 0.05) is 49.0 Å². The second-order valence-electron chi connectivity index (χ2n) is 9.21. The number of para-hydroxylation sites is 1. The SMILES string of the molecule is Cc1ccc(N2CCNCC2)cc1C(=O)NC1(c2cc(-c3cncs3)nc3ccccc23)CC1. The molecule has 3 heterocycles. The molecule has 6 rings (SSSR count). The van der Waals surface area contributed by atoms with Crippen LogP contribution in [0.15, 0.2) is 60.2 Å². The molecular formula is C27H27N5OS. The number of hydrogen-bond donors (Lipinski definition) is 2. The van der Waals surface area contributed by atoms with E-state index >= 15 is 0 Å². The fourth-order valence-corrected chi connectivity index (χ4v) is 5.47. The maximum absolute atomic E-state index is 13.6. The second kappa shape index (κ2) is 8.49. The number of thiazole rings is 1. The number of nitrogens with one attached hydrogen (secondary N) is 2. The summed E-state index contributed by atoms with van der Waals surface area (Å²) in [5, 5.41) is 7.91. The van der Waals surface area contributed by atoms with Crippen molar-refractivity contribution in [3.8, 4) is 10.6 Å². The predicted molar refractivity (Wildman–Crippen MR) is 137 cm³/mol. The molecule has 0 unspecified atom stereocenters. The molecule has 1 aliphatic carbocycles. The van der Waals surface area contributed by atoms with Crippen LogP contribution in [-0.2, 0) is 5.54 Å².